The molecular formula is C13H20N2O. The van der Waals surface area contributed by atoms with Crippen molar-refractivity contribution in [3.8, 4) is 5.75 Å². The van der Waals surface area contributed by atoms with E-state index in [9.17, 15) is 0 Å². The number of anilines is 1. The Labute approximate surface area is 97.4 Å². The lowest BCUT2D eigenvalue weighted by atomic mass is 10.1. The van der Waals surface area contributed by atoms with Crippen LogP contribution < -0.4 is 15.0 Å². The van der Waals surface area contributed by atoms with Gasteiger partial charge in [-0.05, 0) is 26.0 Å². The van der Waals surface area contributed by atoms with Gasteiger partial charge in [-0.1, -0.05) is 12.1 Å². The van der Waals surface area contributed by atoms with Crippen LogP contribution >= 0.6 is 0 Å². The van der Waals surface area contributed by atoms with Crippen molar-refractivity contribution in [2.45, 2.75) is 25.9 Å². The van der Waals surface area contributed by atoms with Gasteiger partial charge in [-0.15, -0.1) is 0 Å². The molecule has 0 radical (unpaired) electrons. The molecule has 2 atom stereocenters. The summed E-state index contributed by atoms with van der Waals surface area (Å²) >= 11 is 0. The summed E-state index contributed by atoms with van der Waals surface area (Å²) in [5, 5.41) is 3.53. The van der Waals surface area contributed by atoms with Crippen LogP contribution in [0, 0.1) is 0 Å². The van der Waals surface area contributed by atoms with Crippen LogP contribution in [0.3, 0.4) is 0 Å². The Bertz CT molecular complexity index is 344. The highest BCUT2D eigenvalue weighted by Gasteiger charge is 2.22. The number of methoxy groups -OCH3 is 1. The highest BCUT2D eigenvalue weighted by atomic mass is 16.5. The highest BCUT2D eigenvalue weighted by molar-refractivity contribution is 5.58. The lowest BCUT2D eigenvalue weighted by molar-refractivity contribution is 0.391. The first-order valence-corrected chi connectivity index (χ1v) is 5.84. The van der Waals surface area contributed by atoms with Crippen molar-refractivity contribution in [3.63, 3.8) is 0 Å². The van der Waals surface area contributed by atoms with E-state index in [1.165, 1.54) is 5.69 Å². The van der Waals surface area contributed by atoms with Crippen molar-refractivity contribution < 1.29 is 4.74 Å². The van der Waals surface area contributed by atoms with Crippen molar-refractivity contribution in [2.75, 3.05) is 25.1 Å². The second-order valence-corrected chi connectivity index (χ2v) is 4.55. The number of para-hydroxylation sites is 2. The Kier molecular flexibility index (Phi) is 3.34. The SMILES string of the molecule is COc1ccccc1N1CC(C)NC(C)C1. The topological polar surface area (TPSA) is 24.5 Å². The van der Waals surface area contributed by atoms with Gasteiger partial charge in [0.05, 0.1) is 12.8 Å². The molecule has 1 fully saturated rings. The molecule has 1 saturated heterocycles. The Hall–Kier alpha value is -1.22. The summed E-state index contributed by atoms with van der Waals surface area (Å²) in [5.41, 5.74) is 1.20. The third-order valence-corrected chi connectivity index (χ3v) is 2.98. The molecule has 0 bridgehead atoms. The predicted octanol–water partition coefficient (Wildman–Crippen LogP) is 1.88. The summed E-state index contributed by atoms with van der Waals surface area (Å²) in [6.45, 7) is 6.51. The number of hydrogen-bond acceptors (Lipinski definition) is 3. The van der Waals surface area contributed by atoms with E-state index in [1.54, 1.807) is 7.11 Å². The van der Waals surface area contributed by atoms with E-state index < -0.39 is 0 Å². The van der Waals surface area contributed by atoms with Gasteiger partial charge in [0.2, 0.25) is 0 Å². The number of rotatable bonds is 2. The molecular weight excluding hydrogens is 200 g/mol. The van der Waals surface area contributed by atoms with Crippen molar-refractivity contribution >= 4 is 5.69 Å². The van der Waals surface area contributed by atoms with Gasteiger partial charge >= 0.3 is 0 Å². The van der Waals surface area contributed by atoms with E-state index in [-0.39, 0.29) is 0 Å². The zero-order chi connectivity index (χ0) is 11.5. The average molecular weight is 220 g/mol. The Morgan fingerprint density at radius 2 is 1.81 bits per heavy atom. The van der Waals surface area contributed by atoms with Crippen LogP contribution in [0.2, 0.25) is 0 Å². The lowest BCUT2D eigenvalue weighted by Crippen LogP contribution is -2.54. The number of nitrogens with zero attached hydrogens (tertiary/aromatic N) is 1. The normalized spacial score (nSPS) is 25.6. The van der Waals surface area contributed by atoms with Gasteiger partial charge in [0.15, 0.2) is 0 Å². The molecule has 1 aromatic rings. The molecule has 0 amide bonds. The molecule has 3 nitrogen and oxygen atoms in total. The van der Waals surface area contributed by atoms with Gasteiger partial charge < -0.3 is 15.0 Å². The first kappa shape index (κ1) is 11.3. The Morgan fingerprint density at radius 3 is 2.44 bits per heavy atom. The molecule has 0 saturated carbocycles. The quantitative estimate of drug-likeness (QED) is 0.823. The van der Waals surface area contributed by atoms with E-state index in [4.69, 9.17) is 4.74 Å². The highest BCUT2D eigenvalue weighted by Crippen LogP contribution is 2.28. The molecule has 1 heterocycles. The van der Waals surface area contributed by atoms with E-state index in [1.807, 2.05) is 12.1 Å². The molecule has 1 aliphatic rings. The summed E-state index contributed by atoms with van der Waals surface area (Å²) in [6, 6.07) is 9.27. The van der Waals surface area contributed by atoms with Crippen LogP contribution in [0.5, 0.6) is 5.75 Å². The first-order valence-electron chi connectivity index (χ1n) is 5.84. The number of piperazine rings is 1. The maximum absolute atomic E-state index is 5.41. The van der Waals surface area contributed by atoms with Crippen LogP contribution in [-0.2, 0) is 0 Å². The second kappa shape index (κ2) is 4.74. The van der Waals surface area contributed by atoms with Gasteiger partial charge in [0.25, 0.3) is 0 Å². The maximum atomic E-state index is 5.41. The molecule has 16 heavy (non-hydrogen) atoms. The molecule has 1 N–H and O–H groups in total. The van der Waals surface area contributed by atoms with Crippen molar-refractivity contribution in [2.24, 2.45) is 0 Å². The standard InChI is InChI=1S/C13H20N2O/c1-10-8-15(9-11(2)14-10)12-6-4-5-7-13(12)16-3/h4-7,10-11,14H,8-9H2,1-3H3. The van der Waals surface area contributed by atoms with E-state index in [2.05, 4.69) is 36.2 Å². The monoisotopic (exact) mass is 220 g/mol. The fourth-order valence-corrected chi connectivity index (χ4v) is 2.41. The van der Waals surface area contributed by atoms with Crippen molar-refractivity contribution in [3.05, 3.63) is 24.3 Å². The molecule has 1 aromatic carbocycles. The van der Waals surface area contributed by atoms with Crippen molar-refractivity contribution in [1.29, 1.82) is 0 Å². The lowest BCUT2D eigenvalue weighted by Gasteiger charge is -2.38. The van der Waals surface area contributed by atoms with E-state index in [0.29, 0.717) is 12.1 Å². The zero-order valence-electron chi connectivity index (χ0n) is 10.2. The smallest absolute Gasteiger partial charge is 0.142 e. The van der Waals surface area contributed by atoms with Gasteiger partial charge in [0.1, 0.15) is 5.75 Å². The summed E-state index contributed by atoms with van der Waals surface area (Å²) in [7, 11) is 1.73. The Morgan fingerprint density at radius 1 is 1.19 bits per heavy atom. The number of benzene rings is 1. The molecule has 1 aliphatic heterocycles. The fourth-order valence-electron chi connectivity index (χ4n) is 2.41. The largest absolute Gasteiger partial charge is 0.495 e. The van der Waals surface area contributed by atoms with Gasteiger partial charge in [-0.25, -0.2) is 0 Å². The third-order valence-electron chi connectivity index (χ3n) is 2.98. The first-order chi connectivity index (χ1) is 7.70. The minimum atomic E-state index is 0.522. The molecule has 2 rings (SSSR count). The van der Waals surface area contributed by atoms with Gasteiger partial charge in [-0.3, -0.25) is 0 Å². The van der Waals surface area contributed by atoms with Crippen LogP contribution in [-0.4, -0.2) is 32.3 Å². The summed E-state index contributed by atoms with van der Waals surface area (Å²) in [6.07, 6.45) is 0. The number of nitrogens with one attached hydrogen (secondary N) is 1. The number of ether oxygens (including phenoxy) is 1. The summed E-state index contributed by atoms with van der Waals surface area (Å²) in [4.78, 5) is 2.39. The average Bonchev–Trinajstić information content (AvgIpc) is 2.27. The third kappa shape index (κ3) is 2.30. The maximum Gasteiger partial charge on any atom is 0.142 e. The minimum absolute atomic E-state index is 0.522. The van der Waals surface area contributed by atoms with E-state index >= 15 is 0 Å². The zero-order valence-corrected chi connectivity index (χ0v) is 10.2. The Balaban J connectivity index is 2.22. The molecule has 0 spiro atoms. The molecule has 2 unspecified atom stereocenters. The molecule has 88 valence electrons. The van der Waals surface area contributed by atoms with E-state index in [0.717, 1.165) is 18.8 Å². The van der Waals surface area contributed by atoms with Crippen LogP contribution in [0.1, 0.15) is 13.8 Å². The molecule has 0 aromatic heterocycles. The summed E-state index contributed by atoms with van der Waals surface area (Å²) < 4.78 is 5.41. The van der Waals surface area contributed by atoms with Crippen LogP contribution in [0.15, 0.2) is 24.3 Å². The summed E-state index contributed by atoms with van der Waals surface area (Å²) in [5.74, 6) is 0.962. The van der Waals surface area contributed by atoms with Gasteiger partial charge in [-0.2, -0.15) is 0 Å². The number of hydrogen-bond donors (Lipinski definition) is 1. The molecule has 3 heteroatoms. The second-order valence-electron chi connectivity index (χ2n) is 4.55. The van der Waals surface area contributed by atoms with Gasteiger partial charge in [0, 0.05) is 25.2 Å². The van der Waals surface area contributed by atoms with Crippen LogP contribution in [0.25, 0.3) is 0 Å². The predicted molar refractivity (Wildman–Crippen MR) is 67.3 cm³/mol. The van der Waals surface area contributed by atoms with Crippen LogP contribution in [0.4, 0.5) is 5.69 Å². The minimum Gasteiger partial charge on any atom is -0.495 e. The fraction of sp³-hybridized carbons (Fsp3) is 0.538. The molecule has 0 aliphatic carbocycles. The van der Waals surface area contributed by atoms with Crippen molar-refractivity contribution in [1.82, 2.24) is 5.32 Å².